The number of aromatic nitrogens is 4. The number of hydrogen-bond acceptors (Lipinski definition) is 4. The molecule has 2 heterocycles. The second-order valence-corrected chi connectivity index (χ2v) is 4.12. The molecule has 0 saturated carbocycles. The minimum atomic E-state index is -0.688. The number of aryl methyl sites for hydroxylation is 2. The number of primary amides is 1. The van der Waals surface area contributed by atoms with E-state index >= 15 is 0 Å². The van der Waals surface area contributed by atoms with Crippen LogP contribution in [0.15, 0.2) is 18.5 Å². The van der Waals surface area contributed by atoms with E-state index in [9.17, 15) is 9.59 Å². The van der Waals surface area contributed by atoms with E-state index in [0.717, 1.165) is 0 Å². The smallest absolute Gasteiger partial charge is 0.276 e. The predicted octanol–water partition coefficient (Wildman–Crippen LogP) is 0.471. The summed E-state index contributed by atoms with van der Waals surface area (Å²) in [5.74, 6) is -1.10. The fraction of sp³-hybridized carbons (Fsp3) is 0.333. The van der Waals surface area contributed by atoms with Crippen molar-refractivity contribution in [1.82, 2.24) is 19.6 Å². The van der Waals surface area contributed by atoms with Gasteiger partial charge in [0.1, 0.15) is 0 Å². The lowest BCUT2D eigenvalue weighted by molar-refractivity contribution is 0.0995. The Kier molecular flexibility index (Phi) is 3.83. The lowest BCUT2D eigenvalue weighted by atomic mass is 10.3. The lowest BCUT2D eigenvalue weighted by Crippen LogP contribution is -2.18. The standard InChI is InChI=1S/C12H16N6O2/c1-3-17-6-5-8(15-17)12(20)14-9-7-18(4-2)16-10(9)11(13)19/h5-7H,3-4H2,1-2H3,(H2,13,19)(H,14,20). The highest BCUT2D eigenvalue weighted by Gasteiger charge is 2.17. The van der Waals surface area contributed by atoms with E-state index < -0.39 is 11.8 Å². The van der Waals surface area contributed by atoms with Crippen molar-refractivity contribution >= 4 is 17.5 Å². The molecule has 0 saturated heterocycles. The summed E-state index contributed by atoms with van der Waals surface area (Å²) >= 11 is 0. The summed E-state index contributed by atoms with van der Waals surface area (Å²) in [6, 6.07) is 1.60. The van der Waals surface area contributed by atoms with Crippen LogP contribution in [0.1, 0.15) is 34.8 Å². The van der Waals surface area contributed by atoms with Crippen LogP contribution < -0.4 is 11.1 Å². The third-order valence-corrected chi connectivity index (χ3v) is 2.76. The first-order chi connectivity index (χ1) is 9.55. The Morgan fingerprint density at radius 2 is 1.95 bits per heavy atom. The van der Waals surface area contributed by atoms with Crippen molar-refractivity contribution in [1.29, 1.82) is 0 Å². The van der Waals surface area contributed by atoms with Crippen molar-refractivity contribution in [3.63, 3.8) is 0 Å². The minimum absolute atomic E-state index is 0.0372. The maximum absolute atomic E-state index is 12.0. The van der Waals surface area contributed by atoms with Crippen LogP contribution in [0.2, 0.25) is 0 Å². The van der Waals surface area contributed by atoms with Crippen LogP contribution >= 0.6 is 0 Å². The monoisotopic (exact) mass is 276 g/mol. The summed E-state index contributed by atoms with van der Waals surface area (Å²) in [5.41, 5.74) is 5.83. The third kappa shape index (κ3) is 2.68. The molecule has 0 aromatic carbocycles. The minimum Gasteiger partial charge on any atom is -0.364 e. The van der Waals surface area contributed by atoms with Gasteiger partial charge in [0.15, 0.2) is 11.4 Å². The average Bonchev–Trinajstić information content (AvgIpc) is 3.04. The number of carbonyl (C=O) groups is 2. The van der Waals surface area contributed by atoms with Gasteiger partial charge in [-0.2, -0.15) is 10.2 Å². The molecule has 0 unspecified atom stereocenters. The predicted molar refractivity (Wildman–Crippen MR) is 72.3 cm³/mol. The summed E-state index contributed by atoms with van der Waals surface area (Å²) in [4.78, 5) is 23.3. The second kappa shape index (κ2) is 5.55. The first-order valence-corrected chi connectivity index (χ1v) is 6.27. The van der Waals surface area contributed by atoms with Crippen LogP contribution in [0.4, 0.5) is 5.69 Å². The summed E-state index contributed by atoms with van der Waals surface area (Å²) in [7, 11) is 0. The zero-order chi connectivity index (χ0) is 14.7. The number of nitrogens with one attached hydrogen (secondary N) is 1. The summed E-state index contributed by atoms with van der Waals surface area (Å²) in [6.07, 6.45) is 3.27. The summed E-state index contributed by atoms with van der Waals surface area (Å²) < 4.78 is 3.17. The Labute approximate surface area is 115 Å². The van der Waals surface area contributed by atoms with Gasteiger partial charge in [-0.15, -0.1) is 0 Å². The van der Waals surface area contributed by atoms with Crippen LogP contribution in [0, 0.1) is 0 Å². The Bertz CT molecular complexity index is 642. The molecule has 20 heavy (non-hydrogen) atoms. The van der Waals surface area contributed by atoms with Crippen molar-refractivity contribution in [2.75, 3.05) is 5.32 Å². The van der Waals surface area contributed by atoms with Crippen molar-refractivity contribution in [2.45, 2.75) is 26.9 Å². The Balaban J connectivity index is 2.22. The van der Waals surface area contributed by atoms with Crippen LogP contribution in [-0.2, 0) is 13.1 Å². The molecule has 0 radical (unpaired) electrons. The third-order valence-electron chi connectivity index (χ3n) is 2.76. The molecule has 0 atom stereocenters. The SMILES string of the molecule is CCn1ccc(C(=O)Nc2cn(CC)nc2C(N)=O)n1. The van der Waals surface area contributed by atoms with Gasteiger partial charge in [0, 0.05) is 25.5 Å². The Morgan fingerprint density at radius 1 is 1.25 bits per heavy atom. The molecule has 106 valence electrons. The highest BCUT2D eigenvalue weighted by molar-refractivity contribution is 6.06. The second-order valence-electron chi connectivity index (χ2n) is 4.12. The molecular weight excluding hydrogens is 260 g/mol. The quantitative estimate of drug-likeness (QED) is 0.827. The van der Waals surface area contributed by atoms with Gasteiger partial charge in [-0.25, -0.2) is 0 Å². The molecule has 0 aliphatic heterocycles. The number of nitrogens with zero attached hydrogens (tertiary/aromatic N) is 4. The van der Waals surface area contributed by atoms with Gasteiger partial charge >= 0.3 is 0 Å². The van der Waals surface area contributed by atoms with E-state index in [2.05, 4.69) is 15.5 Å². The highest BCUT2D eigenvalue weighted by atomic mass is 16.2. The zero-order valence-corrected chi connectivity index (χ0v) is 11.3. The molecule has 2 aromatic heterocycles. The fourth-order valence-electron chi connectivity index (χ4n) is 1.70. The molecule has 8 nitrogen and oxygen atoms in total. The summed E-state index contributed by atoms with van der Waals surface area (Å²) in [6.45, 7) is 5.03. The van der Waals surface area contributed by atoms with Gasteiger partial charge in [-0.1, -0.05) is 0 Å². The van der Waals surface area contributed by atoms with Gasteiger partial charge in [-0.05, 0) is 19.9 Å². The van der Waals surface area contributed by atoms with E-state index in [-0.39, 0.29) is 17.1 Å². The van der Waals surface area contributed by atoms with Crippen LogP contribution in [0.25, 0.3) is 0 Å². The lowest BCUT2D eigenvalue weighted by Gasteiger charge is -2.01. The van der Waals surface area contributed by atoms with Gasteiger partial charge < -0.3 is 11.1 Å². The van der Waals surface area contributed by atoms with Gasteiger partial charge in [0.2, 0.25) is 0 Å². The molecule has 0 aliphatic carbocycles. The normalized spacial score (nSPS) is 10.5. The summed E-state index contributed by atoms with van der Waals surface area (Å²) in [5, 5.41) is 10.7. The van der Waals surface area contributed by atoms with Crippen molar-refractivity contribution in [3.05, 3.63) is 29.8 Å². The maximum Gasteiger partial charge on any atom is 0.276 e. The average molecular weight is 276 g/mol. The number of carbonyl (C=O) groups excluding carboxylic acids is 2. The topological polar surface area (TPSA) is 108 Å². The van der Waals surface area contributed by atoms with Crippen molar-refractivity contribution < 1.29 is 9.59 Å². The number of amides is 2. The fourth-order valence-corrected chi connectivity index (χ4v) is 1.70. The van der Waals surface area contributed by atoms with E-state index in [1.165, 1.54) is 4.68 Å². The molecule has 0 spiro atoms. The molecule has 3 N–H and O–H groups in total. The molecule has 2 rings (SSSR count). The van der Waals surface area contributed by atoms with Crippen molar-refractivity contribution in [2.24, 2.45) is 5.73 Å². The maximum atomic E-state index is 12.0. The van der Waals surface area contributed by atoms with E-state index in [1.54, 1.807) is 23.1 Å². The number of hydrogen-bond donors (Lipinski definition) is 2. The molecule has 0 fully saturated rings. The Morgan fingerprint density at radius 3 is 2.50 bits per heavy atom. The molecule has 0 bridgehead atoms. The van der Waals surface area contributed by atoms with Crippen LogP contribution in [0.5, 0.6) is 0 Å². The van der Waals surface area contributed by atoms with E-state index in [4.69, 9.17) is 5.73 Å². The zero-order valence-electron chi connectivity index (χ0n) is 11.3. The van der Waals surface area contributed by atoms with Crippen molar-refractivity contribution in [3.8, 4) is 0 Å². The number of rotatable bonds is 5. The largest absolute Gasteiger partial charge is 0.364 e. The Hall–Kier alpha value is -2.64. The van der Waals surface area contributed by atoms with E-state index in [1.807, 2.05) is 13.8 Å². The first-order valence-electron chi connectivity index (χ1n) is 6.27. The van der Waals surface area contributed by atoms with Gasteiger partial charge in [-0.3, -0.25) is 19.0 Å². The molecule has 8 heteroatoms. The number of nitrogens with two attached hydrogens (primary N) is 1. The van der Waals surface area contributed by atoms with Gasteiger partial charge in [0.05, 0.1) is 5.69 Å². The van der Waals surface area contributed by atoms with E-state index in [0.29, 0.717) is 13.1 Å². The van der Waals surface area contributed by atoms with Gasteiger partial charge in [0.25, 0.3) is 11.8 Å². The highest BCUT2D eigenvalue weighted by Crippen LogP contribution is 2.14. The molecular formula is C12H16N6O2. The number of anilines is 1. The molecule has 2 aromatic rings. The first kappa shape index (κ1) is 13.8. The molecule has 2 amide bonds. The van der Waals surface area contributed by atoms with Crippen LogP contribution in [-0.4, -0.2) is 31.4 Å². The molecule has 0 aliphatic rings. The van der Waals surface area contributed by atoms with Crippen LogP contribution in [0.3, 0.4) is 0 Å².